The van der Waals surface area contributed by atoms with Crippen molar-refractivity contribution in [1.82, 2.24) is 0 Å². The molecular weight excluding hydrogens is 490 g/mol. The molecule has 0 radical (unpaired) electrons. The van der Waals surface area contributed by atoms with Crippen LogP contribution in [0.5, 0.6) is 0 Å². The molecule has 1 heterocycles. The van der Waals surface area contributed by atoms with Crippen molar-refractivity contribution in [2.24, 2.45) is 0 Å². The predicted molar refractivity (Wildman–Crippen MR) is 170 cm³/mol. The fraction of sp³-hybridized carbons (Fsp3) is 0.0811. The monoisotopic (exact) mass is 517 g/mol. The highest BCUT2D eigenvalue weighted by Gasteiger charge is 2.37. The molecule has 6 aromatic carbocycles. The third-order valence-corrected chi connectivity index (χ3v) is 9.71. The molecule has 7 aromatic rings. The van der Waals surface area contributed by atoms with Crippen LogP contribution in [0.1, 0.15) is 25.0 Å². The number of hydrogen-bond donors (Lipinski definition) is 1. The molecule has 1 nitrogen and oxygen atoms in total. The summed E-state index contributed by atoms with van der Waals surface area (Å²) >= 11 is 1.88. The highest BCUT2D eigenvalue weighted by atomic mass is 32.1. The number of rotatable bonds is 3. The summed E-state index contributed by atoms with van der Waals surface area (Å²) in [5.74, 6) is 0. The third-order valence-electron chi connectivity index (χ3n) is 8.42. The van der Waals surface area contributed by atoms with Crippen LogP contribution < -0.4 is 5.32 Å². The summed E-state index contributed by atoms with van der Waals surface area (Å²) in [5.41, 5.74) is 10.3. The number of thiophene rings is 1. The van der Waals surface area contributed by atoms with Gasteiger partial charge in [-0.05, 0) is 62.4 Å². The molecule has 0 amide bonds. The van der Waals surface area contributed by atoms with Crippen LogP contribution in [0.25, 0.3) is 53.2 Å². The molecule has 0 spiro atoms. The van der Waals surface area contributed by atoms with Gasteiger partial charge in [0.2, 0.25) is 0 Å². The minimum absolute atomic E-state index is 0.0442. The van der Waals surface area contributed by atoms with Crippen molar-refractivity contribution in [1.29, 1.82) is 0 Å². The molecule has 0 bridgehead atoms. The highest BCUT2D eigenvalue weighted by Crippen LogP contribution is 2.52. The van der Waals surface area contributed by atoms with Crippen LogP contribution in [-0.4, -0.2) is 0 Å². The maximum absolute atomic E-state index is 3.78. The lowest BCUT2D eigenvalue weighted by atomic mass is 9.79. The second-order valence-electron chi connectivity index (χ2n) is 11.1. The number of nitrogens with one attached hydrogen (secondary N) is 1. The molecule has 39 heavy (non-hydrogen) atoms. The van der Waals surface area contributed by atoms with E-state index in [4.69, 9.17) is 0 Å². The van der Waals surface area contributed by atoms with Gasteiger partial charge in [0.15, 0.2) is 0 Å². The van der Waals surface area contributed by atoms with Gasteiger partial charge in [0, 0.05) is 26.6 Å². The van der Waals surface area contributed by atoms with E-state index in [9.17, 15) is 0 Å². The van der Waals surface area contributed by atoms with E-state index < -0.39 is 0 Å². The zero-order valence-electron chi connectivity index (χ0n) is 22.0. The smallest absolute Gasteiger partial charge is 0.0590 e. The Morgan fingerprint density at radius 1 is 0.564 bits per heavy atom. The van der Waals surface area contributed by atoms with E-state index >= 15 is 0 Å². The maximum atomic E-state index is 3.78. The molecule has 0 unspecified atom stereocenters. The molecule has 0 fully saturated rings. The second kappa shape index (κ2) is 8.30. The molecular formula is C37H27NS. The molecule has 0 saturated heterocycles. The van der Waals surface area contributed by atoms with Gasteiger partial charge in [-0.15, -0.1) is 11.3 Å². The van der Waals surface area contributed by atoms with Gasteiger partial charge in [-0.3, -0.25) is 0 Å². The quantitative estimate of drug-likeness (QED) is 0.246. The Morgan fingerprint density at radius 3 is 2.23 bits per heavy atom. The molecule has 186 valence electrons. The van der Waals surface area contributed by atoms with E-state index in [-0.39, 0.29) is 5.41 Å². The normalized spacial score (nSPS) is 13.6. The predicted octanol–water partition coefficient (Wildman–Crippen LogP) is 10.9. The van der Waals surface area contributed by atoms with Crippen molar-refractivity contribution in [3.63, 3.8) is 0 Å². The van der Waals surface area contributed by atoms with E-state index in [1.165, 1.54) is 64.3 Å². The zero-order valence-corrected chi connectivity index (χ0v) is 22.8. The Balaban J connectivity index is 1.24. The Hall–Kier alpha value is -4.40. The summed E-state index contributed by atoms with van der Waals surface area (Å²) in [4.78, 5) is 0. The maximum Gasteiger partial charge on any atom is 0.0590 e. The zero-order chi connectivity index (χ0) is 26.1. The van der Waals surface area contributed by atoms with Gasteiger partial charge in [-0.25, -0.2) is 0 Å². The summed E-state index contributed by atoms with van der Waals surface area (Å²) < 4.78 is 2.65. The van der Waals surface area contributed by atoms with E-state index in [0.29, 0.717) is 0 Å². The number of fused-ring (bicyclic) bond motifs is 8. The third kappa shape index (κ3) is 3.32. The van der Waals surface area contributed by atoms with Crippen LogP contribution in [-0.2, 0) is 5.41 Å². The molecule has 0 atom stereocenters. The number of anilines is 2. The van der Waals surface area contributed by atoms with Crippen LogP contribution in [0.4, 0.5) is 11.4 Å². The number of hydrogen-bond acceptors (Lipinski definition) is 2. The first-order valence-corrected chi connectivity index (χ1v) is 14.3. The van der Waals surface area contributed by atoms with Gasteiger partial charge in [-0.1, -0.05) is 117 Å². The molecule has 1 aliphatic rings. The molecule has 2 heteroatoms. The van der Waals surface area contributed by atoms with Crippen LogP contribution in [0.2, 0.25) is 0 Å². The highest BCUT2D eigenvalue weighted by molar-refractivity contribution is 7.27. The van der Waals surface area contributed by atoms with Gasteiger partial charge >= 0.3 is 0 Å². The lowest BCUT2D eigenvalue weighted by molar-refractivity contribution is 0.662. The van der Waals surface area contributed by atoms with Gasteiger partial charge in [-0.2, -0.15) is 0 Å². The van der Waals surface area contributed by atoms with Crippen molar-refractivity contribution in [2.45, 2.75) is 19.3 Å². The molecule has 8 rings (SSSR count). The minimum atomic E-state index is -0.0442. The average molecular weight is 518 g/mol. The Bertz CT molecular complexity index is 2080. The Morgan fingerprint density at radius 2 is 1.28 bits per heavy atom. The summed E-state index contributed by atoms with van der Waals surface area (Å²) in [6.07, 6.45) is 0. The molecule has 1 aliphatic carbocycles. The minimum Gasteiger partial charge on any atom is -0.354 e. The fourth-order valence-electron chi connectivity index (χ4n) is 6.63. The van der Waals surface area contributed by atoms with Crippen molar-refractivity contribution in [2.75, 3.05) is 5.32 Å². The van der Waals surface area contributed by atoms with E-state index in [1.807, 2.05) is 11.3 Å². The SMILES string of the molecule is CC1(C)c2ccccc2-c2cccc(-c3cccc(Nc4cccc5c4sc4c6ccccc6ccc54)c3)c21. The van der Waals surface area contributed by atoms with Gasteiger partial charge in [0.25, 0.3) is 0 Å². The first-order valence-electron chi connectivity index (χ1n) is 13.5. The lowest BCUT2D eigenvalue weighted by Crippen LogP contribution is -2.16. The van der Waals surface area contributed by atoms with E-state index in [0.717, 1.165) is 11.4 Å². The fourth-order valence-corrected chi connectivity index (χ4v) is 7.94. The van der Waals surface area contributed by atoms with Gasteiger partial charge in [0.1, 0.15) is 0 Å². The summed E-state index contributed by atoms with van der Waals surface area (Å²) in [5, 5.41) is 9.03. The molecule has 1 N–H and O–H groups in total. The summed E-state index contributed by atoms with van der Waals surface area (Å²) in [7, 11) is 0. The number of benzene rings is 6. The Labute approximate surface area is 232 Å². The summed E-state index contributed by atoms with van der Waals surface area (Å²) in [6, 6.07) is 44.3. The van der Waals surface area contributed by atoms with Crippen LogP contribution in [0, 0.1) is 0 Å². The molecule has 1 aromatic heterocycles. The van der Waals surface area contributed by atoms with Crippen molar-refractivity contribution in [3.05, 3.63) is 132 Å². The van der Waals surface area contributed by atoms with Crippen LogP contribution in [0.3, 0.4) is 0 Å². The van der Waals surface area contributed by atoms with Crippen LogP contribution in [0.15, 0.2) is 121 Å². The van der Waals surface area contributed by atoms with Gasteiger partial charge in [0.05, 0.1) is 10.4 Å². The van der Waals surface area contributed by atoms with Crippen LogP contribution >= 0.6 is 11.3 Å². The topological polar surface area (TPSA) is 12.0 Å². The lowest BCUT2D eigenvalue weighted by Gasteiger charge is -2.24. The van der Waals surface area contributed by atoms with Crippen molar-refractivity contribution in [3.8, 4) is 22.3 Å². The standard InChI is InChI=1S/C37H27NS/c1-37(2)32-18-6-5-14-28(32)29-16-8-15-26(34(29)37)24-11-7-12-25(22-24)38-33-19-9-17-30-31-21-20-23-10-3-4-13-27(23)35(31)39-36(30)33/h3-22,38H,1-2H3. The molecule has 0 aliphatic heterocycles. The average Bonchev–Trinajstić information content (AvgIpc) is 3.47. The summed E-state index contributed by atoms with van der Waals surface area (Å²) in [6.45, 7) is 4.71. The first kappa shape index (κ1) is 22.6. The van der Waals surface area contributed by atoms with Crippen molar-refractivity contribution < 1.29 is 0 Å². The molecule has 0 saturated carbocycles. The van der Waals surface area contributed by atoms with Crippen molar-refractivity contribution >= 4 is 53.7 Å². The Kier molecular flexibility index (Phi) is 4.80. The largest absolute Gasteiger partial charge is 0.354 e. The van der Waals surface area contributed by atoms with E-state index in [1.54, 1.807) is 0 Å². The van der Waals surface area contributed by atoms with Gasteiger partial charge < -0.3 is 5.32 Å². The second-order valence-corrected chi connectivity index (χ2v) is 12.1. The first-order chi connectivity index (χ1) is 19.1. The van der Waals surface area contributed by atoms with E-state index in [2.05, 4.69) is 140 Å².